The van der Waals surface area contributed by atoms with E-state index in [4.69, 9.17) is 11.6 Å². The number of carbonyl (C=O) groups is 5. The van der Waals surface area contributed by atoms with Crippen LogP contribution in [0.3, 0.4) is 0 Å². The van der Waals surface area contributed by atoms with E-state index in [0.29, 0.717) is 26.7 Å². The average molecular weight is 495 g/mol. The number of urea groups is 1. The summed E-state index contributed by atoms with van der Waals surface area (Å²) in [6.45, 7) is 2.48. The third kappa shape index (κ3) is 4.73. The summed E-state index contributed by atoms with van der Waals surface area (Å²) in [6.07, 6.45) is 0.606. The molecule has 3 rings (SSSR count). The van der Waals surface area contributed by atoms with Gasteiger partial charge >= 0.3 is 12.0 Å². The number of imide groups is 1. The highest BCUT2D eigenvalue weighted by Gasteiger charge is 2.59. The van der Waals surface area contributed by atoms with Crippen molar-refractivity contribution in [1.82, 2.24) is 14.9 Å². The third-order valence-electron chi connectivity index (χ3n) is 5.95. The van der Waals surface area contributed by atoms with Crippen molar-refractivity contribution >= 4 is 35.9 Å². The molecule has 5 N–H and O–H groups in total. The fourth-order valence-corrected chi connectivity index (χ4v) is 4.12. The molecule has 36 heavy (non-hydrogen) atoms. The quantitative estimate of drug-likeness (QED) is 0.199. The van der Waals surface area contributed by atoms with Gasteiger partial charge in [0.1, 0.15) is 5.54 Å². The molecule has 0 aliphatic carbocycles. The van der Waals surface area contributed by atoms with Gasteiger partial charge < -0.3 is 16.7 Å². The molecule has 0 spiro atoms. The van der Waals surface area contributed by atoms with E-state index >= 15 is 0 Å². The molecule has 12 heteroatoms. The lowest BCUT2D eigenvalue weighted by atomic mass is 9.89. The van der Waals surface area contributed by atoms with E-state index in [2.05, 4.69) is 5.10 Å². The smallest absolute Gasteiger partial charge is 0.347 e. The Morgan fingerprint density at radius 3 is 2.22 bits per heavy atom. The Labute approximate surface area is 206 Å². The zero-order valence-corrected chi connectivity index (χ0v) is 19.7. The van der Waals surface area contributed by atoms with Gasteiger partial charge in [-0.05, 0) is 23.6 Å². The van der Waals surface area contributed by atoms with Crippen molar-refractivity contribution in [2.75, 3.05) is 0 Å². The van der Waals surface area contributed by atoms with Crippen molar-refractivity contribution in [3.8, 4) is 0 Å². The van der Waals surface area contributed by atoms with Gasteiger partial charge in [-0.2, -0.15) is 10.1 Å². The van der Waals surface area contributed by atoms with Gasteiger partial charge in [-0.1, -0.05) is 54.6 Å². The van der Waals surface area contributed by atoms with Crippen molar-refractivity contribution in [3.63, 3.8) is 0 Å². The molecule has 2 atom stereocenters. The standard InChI is InChI=1S/C24H26N6O6/c1-15(31)29(19(21(33)34)12-20(25)32)30-22(35)24(2,18-10-8-16(9-11-18)13-27-26)28(23(30)36)14-17-6-4-3-5-7-17/h3-11,13,19H,12,14,26H2,1-2H3,(H2,25,32)(H,33,34)/t19-,24+/m0/s1. The van der Waals surface area contributed by atoms with Crippen LogP contribution in [0.25, 0.3) is 0 Å². The molecular weight excluding hydrogens is 468 g/mol. The van der Waals surface area contributed by atoms with Gasteiger partial charge in [0.15, 0.2) is 6.04 Å². The van der Waals surface area contributed by atoms with Gasteiger partial charge in [0, 0.05) is 13.5 Å². The number of hydrazone groups is 1. The second kappa shape index (κ2) is 10.3. The van der Waals surface area contributed by atoms with Crippen molar-refractivity contribution in [3.05, 3.63) is 71.3 Å². The van der Waals surface area contributed by atoms with Crippen LogP contribution in [-0.2, 0) is 31.3 Å². The highest BCUT2D eigenvalue weighted by atomic mass is 16.4. The maximum atomic E-state index is 13.9. The van der Waals surface area contributed by atoms with Crippen LogP contribution in [0.4, 0.5) is 4.79 Å². The largest absolute Gasteiger partial charge is 0.480 e. The minimum Gasteiger partial charge on any atom is -0.480 e. The molecule has 1 aliphatic rings. The molecule has 0 unspecified atom stereocenters. The van der Waals surface area contributed by atoms with Crippen molar-refractivity contribution in [2.24, 2.45) is 16.7 Å². The van der Waals surface area contributed by atoms with Crippen LogP contribution in [0, 0.1) is 0 Å². The molecule has 1 aliphatic heterocycles. The van der Waals surface area contributed by atoms with E-state index < -0.39 is 47.7 Å². The van der Waals surface area contributed by atoms with Crippen LogP contribution in [-0.4, -0.2) is 62.0 Å². The van der Waals surface area contributed by atoms with E-state index in [1.165, 1.54) is 18.0 Å². The Balaban J connectivity index is 2.17. The van der Waals surface area contributed by atoms with E-state index in [-0.39, 0.29) is 6.54 Å². The summed E-state index contributed by atoms with van der Waals surface area (Å²) in [5, 5.41) is 14.1. The minimum absolute atomic E-state index is 0.0241. The number of nitrogens with zero attached hydrogens (tertiary/aromatic N) is 4. The molecule has 0 aromatic heterocycles. The fraction of sp³-hybridized carbons (Fsp3) is 0.250. The van der Waals surface area contributed by atoms with Crippen molar-refractivity contribution < 1.29 is 29.1 Å². The third-order valence-corrected chi connectivity index (χ3v) is 5.95. The number of carboxylic acids is 1. The summed E-state index contributed by atoms with van der Waals surface area (Å²) >= 11 is 0. The Kier molecular flexibility index (Phi) is 7.37. The summed E-state index contributed by atoms with van der Waals surface area (Å²) in [5.74, 6) is 0.788. The van der Waals surface area contributed by atoms with Crippen molar-refractivity contribution in [2.45, 2.75) is 38.4 Å². The van der Waals surface area contributed by atoms with Crippen LogP contribution >= 0.6 is 0 Å². The highest BCUT2D eigenvalue weighted by Crippen LogP contribution is 2.40. The fourth-order valence-electron chi connectivity index (χ4n) is 4.12. The maximum absolute atomic E-state index is 13.9. The predicted molar refractivity (Wildman–Crippen MR) is 128 cm³/mol. The first kappa shape index (κ1) is 25.9. The van der Waals surface area contributed by atoms with E-state index in [1.807, 2.05) is 0 Å². The zero-order chi connectivity index (χ0) is 26.6. The first-order valence-corrected chi connectivity index (χ1v) is 10.9. The Morgan fingerprint density at radius 1 is 1.11 bits per heavy atom. The Hall–Kier alpha value is -4.74. The lowest BCUT2D eigenvalue weighted by Crippen LogP contribution is -2.58. The SMILES string of the molecule is CC(=O)N([C@@H](CC(N)=O)C(=O)O)N1C(=O)N(Cc2ccccc2)[C@](C)(c2ccc(C=NN)cc2)C1=O. The number of hydrogen-bond acceptors (Lipinski definition) is 7. The predicted octanol–water partition coefficient (Wildman–Crippen LogP) is 0.751. The van der Waals surface area contributed by atoms with Crippen LogP contribution in [0.15, 0.2) is 59.7 Å². The topological polar surface area (TPSA) is 180 Å². The summed E-state index contributed by atoms with van der Waals surface area (Å²) < 4.78 is 0. The van der Waals surface area contributed by atoms with Gasteiger partial charge in [-0.25, -0.2) is 14.6 Å². The molecule has 0 bridgehead atoms. The molecule has 2 aromatic carbocycles. The van der Waals surface area contributed by atoms with Gasteiger partial charge in [-0.3, -0.25) is 19.3 Å². The molecule has 188 valence electrons. The van der Waals surface area contributed by atoms with Gasteiger partial charge in [0.05, 0.1) is 12.6 Å². The summed E-state index contributed by atoms with van der Waals surface area (Å²) in [4.78, 5) is 65.0. The molecule has 0 radical (unpaired) electrons. The van der Waals surface area contributed by atoms with Crippen LogP contribution < -0.4 is 11.6 Å². The highest BCUT2D eigenvalue weighted by molar-refractivity contribution is 6.08. The van der Waals surface area contributed by atoms with Gasteiger partial charge in [0.25, 0.3) is 5.91 Å². The molecule has 5 amide bonds. The van der Waals surface area contributed by atoms with Crippen LogP contribution in [0.1, 0.15) is 37.0 Å². The lowest BCUT2D eigenvalue weighted by Gasteiger charge is -2.33. The molecule has 1 saturated heterocycles. The molecule has 1 heterocycles. The zero-order valence-electron chi connectivity index (χ0n) is 19.7. The van der Waals surface area contributed by atoms with Crippen LogP contribution in [0.5, 0.6) is 0 Å². The first-order chi connectivity index (χ1) is 17.0. The maximum Gasteiger partial charge on any atom is 0.347 e. The molecule has 0 saturated carbocycles. The van der Waals surface area contributed by atoms with Crippen LogP contribution in [0.2, 0.25) is 0 Å². The summed E-state index contributed by atoms with van der Waals surface area (Å²) in [7, 11) is 0. The second-order valence-electron chi connectivity index (χ2n) is 8.33. The van der Waals surface area contributed by atoms with E-state index in [1.54, 1.807) is 54.6 Å². The number of nitrogens with two attached hydrogens (primary N) is 2. The number of rotatable bonds is 9. The molecule has 1 fully saturated rings. The Morgan fingerprint density at radius 2 is 1.72 bits per heavy atom. The van der Waals surface area contributed by atoms with Crippen molar-refractivity contribution in [1.29, 1.82) is 0 Å². The summed E-state index contributed by atoms with van der Waals surface area (Å²) in [6, 6.07) is 12.6. The van der Waals surface area contributed by atoms with E-state index in [0.717, 1.165) is 6.92 Å². The van der Waals surface area contributed by atoms with Gasteiger partial charge in [-0.15, -0.1) is 0 Å². The first-order valence-electron chi connectivity index (χ1n) is 10.9. The van der Waals surface area contributed by atoms with E-state index in [9.17, 15) is 29.1 Å². The Bertz CT molecular complexity index is 1220. The normalized spacial score (nSPS) is 18.5. The average Bonchev–Trinajstić information content (AvgIpc) is 3.01. The number of hydrogen-bond donors (Lipinski definition) is 3. The monoisotopic (exact) mass is 494 g/mol. The minimum atomic E-state index is -1.86. The second-order valence-corrected chi connectivity index (χ2v) is 8.33. The number of aliphatic carboxylic acids is 1. The number of carboxylic acid groups (broad SMARTS) is 1. The molecular formula is C24H26N6O6. The van der Waals surface area contributed by atoms with Gasteiger partial charge in [0.2, 0.25) is 11.8 Å². The number of hydrazine groups is 1. The lowest BCUT2D eigenvalue weighted by molar-refractivity contribution is -0.169. The number of primary amides is 1. The summed E-state index contributed by atoms with van der Waals surface area (Å²) in [5.41, 5.74) is 5.30. The number of benzene rings is 2. The number of carbonyl (C=O) groups excluding carboxylic acids is 4. The molecule has 12 nitrogen and oxygen atoms in total. The molecule has 2 aromatic rings. The number of amides is 5.